The first-order valence-electron chi connectivity index (χ1n) is 10.4. The summed E-state index contributed by atoms with van der Waals surface area (Å²) in [5.74, 6) is -1.71. The van der Waals surface area contributed by atoms with Gasteiger partial charge in [-0.05, 0) is 19.4 Å². The number of piperidine rings is 1. The Labute approximate surface area is 177 Å². The molecule has 1 fully saturated rings. The lowest BCUT2D eigenvalue weighted by atomic mass is 9.97. The number of quaternary nitrogens is 1. The molecule has 2 heterocycles. The highest BCUT2D eigenvalue weighted by Gasteiger charge is 2.34. The van der Waals surface area contributed by atoms with E-state index >= 15 is 0 Å². The molecule has 2 N–H and O–H groups in total. The highest BCUT2D eigenvalue weighted by atomic mass is 16.5. The minimum Gasteiger partial charge on any atom is -0.462 e. The van der Waals surface area contributed by atoms with Gasteiger partial charge in [0.2, 0.25) is 0 Å². The molecule has 1 aliphatic heterocycles. The Hall–Kier alpha value is -2.93. The van der Waals surface area contributed by atoms with Gasteiger partial charge in [0.15, 0.2) is 0 Å². The van der Waals surface area contributed by atoms with Gasteiger partial charge in [-0.25, -0.2) is 4.79 Å². The van der Waals surface area contributed by atoms with Crippen molar-refractivity contribution in [2.75, 3.05) is 33.8 Å². The average molecular weight is 413 g/mol. The largest absolute Gasteiger partial charge is 0.462 e. The third-order valence-electron chi connectivity index (χ3n) is 5.83. The molecule has 0 unspecified atom stereocenters. The number of H-pyrrole nitrogens is 1. The molecular weight excluding hydrogens is 382 g/mol. The number of hydrogen-bond acceptors (Lipinski definition) is 4. The topological polar surface area (TPSA) is 83.9 Å². The summed E-state index contributed by atoms with van der Waals surface area (Å²) in [6, 6.07) is 9.19. The van der Waals surface area contributed by atoms with Crippen molar-refractivity contribution in [1.82, 2.24) is 9.88 Å². The fourth-order valence-electron chi connectivity index (χ4n) is 4.06. The van der Waals surface area contributed by atoms with Crippen LogP contribution in [-0.4, -0.2) is 67.4 Å². The zero-order valence-electron chi connectivity index (χ0n) is 18.1. The van der Waals surface area contributed by atoms with E-state index in [0.717, 1.165) is 25.9 Å². The van der Waals surface area contributed by atoms with E-state index in [1.807, 2.05) is 30.3 Å². The molecule has 0 spiro atoms. The quantitative estimate of drug-likeness (QED) is 0.428. The molecule has 1 amide bonds. The van der Waals surface area contributed by atoms with Crippen molar-refractivity contribution in [1.29, 1.82) is 0 Å². The lowest BCUT2D eigenvalue weighted by Gasteiger charge is -2.32. The van der Waals surface area contributed by atoms with E-state index in [-0.39, 0.29) is 18.3 Å². The molecule has 7 nitrogen and oxygen atoms in total. The van der Waals surface area contributed by atoms with Crippen molar-refractivity contribution in [3.63, 3.8) is 0 Å². The van der Waals surface area contributed by atoms with Gasteiger partial charge in [0.25, 0.3) is 11.7 Å². The summed E-state index contributed by atoms with van der Waals surface area (Å²) >= 11 is 0. The summed E-state index contributed by atoms with van der Waals surface area (Å²) < 4.78 is 5.21. The second kappa shape index (κ2) is 9.26. The zero-order valence-corrected chi connectivity index (χ0v) is 18.1. The third-order valence-corrected chi connectivity index (χ3v) is 5.83. The maximum atomic E-state index is 13.3. The van der Waals surface area contributed by atoms with E-state index in [0.29, 0.717) is 22.4 Å². The van der Waals surface area contributed by atoms with E-state index in [1.165, 1.54) is 4.90 Å². The van der Waals surface area contributed by atoms with E-state index < -0.39 is 17.7 Å². The number of carbonyl (C=O) groups excluding carboxylic acids is 3. The van der Waals surface area contributed by atoms with E-state index in [9.17, 15) is 14.4 Å². The number of aryl methyl sites for hydroxylation is 1. The Morgan fingerprint density at radius 1 is 1.17 bits per heavy atom. The van der Waals surface area contributed by atoms with Crippen molar-refractivity contribution in [2.45, 2.75) is 32.7 Å². The van der Waals surface area contributed by atoms with Gasteiger partial charge in [0.05, 0.1) is 32.3 Å². The third kappa shape index (κ3) is 4.31. The Kier molecular flexibility index (Phi) is 6.72. The predicted octanol–water partition coefficient (Wildman–Crippen LogP) is 1.49. The number of aromatic nitrogens is 1. The number of benzene rings is 1. The van der Waals surface area contributed by atoms with Gasteiger partial charge in [-0.15, -0.1) is 0 Å². The van der Waals surface area contributed by atoms with Crippen LogP contribution in [0.3, 0.4) is 0 Å². The van der Waals surface area contributed by atoms with Crippen molar-refractivity contribution < 1.29 is 24.0 Å². The highest BCUT2D eigenvalue weighted by molar-refractivity contribution is 6.43. The molecule has 0 saturated carbocycles. The summed E-state index contributed by atoms with van der Waals surface area (Å²) in [6.45, 7) is 5.61. The number of ketones is 1. The number of esters is 1. The molecule has 7 heteroatoms. The minimum atomic E-state index is -0.638. The number of likely N-dealkylation sites (N-methyl/N-ethyl adjacent to an activating group) is 1. The molecule has 1 aromatic heterocycles. The summed E-state index contributed by atoms with van der Waals surface area (Å²) in [4.78, 5) is 44.9. The summed E-state index contributed by atoms with van der Waals surface area (Å²) in [6.07, 6.45) is 1.73. The number of aromatic amines is 1. The number of carbonyl (C=O) groups is 3. The molecule has 2 aromatic rings. The van der Waals surface area contributed by atoms with Gasteiger partial charge in [-0.3, -0.25) is 9.59 Å². The lowest BCUT2D eigenvalue weighted by molar-refractivity contribution is -0.885. The van der Waals surface area contributed by atoms with Crippen LogP contribution in [0.15, 0.2) is 30.3 Å². The molecular formula is C23H30N3O4+. The van der Waals surface area contributed by atoms with Crippen LogP contribution < -0.4 is 4.90 Å². The van der Waals surface area contributed by atoms with Crippen LogP contribution in [0.25, 0.3) is 11.1 Å². The molecule has 0 aliphatic carbocycles. The molecule has 1 aliphatic rings. The van der Waals surface area contributed by atoms with E-state index in [4.69, 9.17) is 4.74 Å². The molecule has 160 valence electrons. The number of Topliss-reactive ketones (excluding diaryl/α,β-unsaturated/α-hetero) is 1. The summed E-state index contributed by atoms with van der Waals surface area (Å²) in [5.41, 5.74) is 2.05. The standard InChI is InChI=1S/C23H29N3O4/c1-5-30-23(29)18-15(2)24-20(19(18)16-9-7-6-8-10-16)21(27)22(28)26(4)17-11-13-25(3)14-12-17/h6-10,17,24H,5,11-14H2,1-4H3/p+1. The Morgan fingerprint density at radius 2 is 1.80 bits per heavy atom. The number of ether oxygens (including phenoxy) is 1. The number of rotatable bonds is 6. The highest BCUT2D eigenvalue weighted by Crippen LogP contribution is 2.31. The van der Waals surface area contributed by atoms with Gasteiger partial charge < -0.3 is 19.5 Å². The number of likely N-dealkylation sites (tertiary alicyclic amines) is 1. The van der Waals surface area contributed by atoms with Gasteiger partial charge >= 0.3 is 5.97 Å². The first kappa shape index (κ1) is 21.8. The van der Waals surface area contributed by atoms with E-state index in [2.05, 4.69) is 12.0 Å². The normalized spacial score (nSPS) is 18.7. The molecule has 0 bridgehead atoms. The summed E-state index contributed by atoms with van der Waals surface area (Å²) in [7, 11) is 3.82. The smallest absolute Gasteiger partial charge is 0.340 e. The number of nitrogens with zero attached hydrogens (tertiary/aromatic N) is 1. The van der Waals surface area contributed by atoms with Crippen molar-refractivity contribution in [2.24, 2.45) is 0 Å². The van der Waals surface area contributed by atoms with Gasteiger partial charge in [-0.2, -0.15) is 0 Å². The monoisotopic (exact) mass is 412 g/mol. The van der Waals surface area contributed by atoms with Gasteiger partial charge in [-0.1, -0.05) is 30.3 Å². The maximum absolute atomic E-state index is 13.3. The van der Waals surface area contributed by atoms with Crippen LogP contribution in [0.1, 0.15) is 46.3 Å². The van der Waals surface area contributed by atoms with Crippen LogP contribution in [-0.2, 0) is 9.53 Å². The summed E-state index contributed by atoms with van der Waals surface area (Å²) in [5, 5.41) is 0. The van der Waals surface area contributed by atoms with Crippen LogP contribution >= 0.6 is 0 Å². The number of hydrogen-bond donors (Lipinski definition) is 2. The van der Waals surface area contributed by atoms with Crippen LogP contribution in [0, 0.1) is 6.92 Å². The molecule has 1 saturated heterocycles. The second-order valence-electron chi connectivity index (χ2n) is 7.89. The van der Waals surface area contributed by atoms with Crippen LogP contribution in [0.4, 0.5) is 0 Å². The van der Waals surface area contributed by atoms with Crippen molar-refractivity contribution in [3.05, 3.63) is 47.3 Å². The second-order valence-corrected chi connectivity index (χ2v) is 7.89. The maximum Gasteiger partial charge on any atom is 0.340 e. The van der Waals surface area contributed by atoms with Crippen molar-refractivity contribution >= 4 is 17.7 Å². The fraction of sp³-hybridized carbons (Fsp3) is 0.435. The Morgan fingerprint density at radius 3 is 2.40 bits per heavy atom. The first-order chi connectivity index (χ1) is 14.3. The molecule has 1 aromatic carbocycles. The molecule has 3 rings (SSSR count). The molecule has 0 radical (unpaired) electrons. The lowest BCUT2D eigenvalue weighted by Crippen LogP contribution is -3.10. The van der Waals surface area contributed by atoms with Crippen molar-refractivity contribution in [3.8, 4) is 11.1 Å². The van der Waals surface area contributed by atoms with Crippen LogP contribution in [0.5, 0.6) is 0 Å². The van der Waals surface area contributed by atoms with Gasteiger partial charge in [0, 0.05) is 37.2 Å². The Balaban J connectivity index is 1.98. The van der Waals surface area contributed by atoms with Crippen LogP contribution in [0.2, 0.25) is 0 Å². The first-order valence-corrected chi connectivity index (χ1v) is 10.4. The van der Waals surface area contributed by atoms with E-state index in [1.54, 1.807) is 25.8 Å². The SMILES string of the molecule is CCOC(=O)c1c(C)[nH]c(C(=O)C(=O)N(C)C2CC[NH+](C)CC2)c1-c1ccccc1. The number of nitrogens with one attached hydrogen (secondary N) is 2. The average Bonchev–Trinajstić information content (AvgIpc) is 3.10. The van der Waals surface area contributed by atoms with Gasteiger partial charge in [0.1, 0.15) is 5.69 Å². The Bertz CT molecular complexity index is 927. The number of amides is 1. The molecule has 30 heavy (non-hydrogen) atoms. The predicted molar refractivity (Wildman–Crippen MR) is 114 cm³/mol. The minimum absolute atomic E-state index is 0.0471. The zero-order chi connectivity index (χ0) is 21.8. The molecule has 0 atom stereocenters. The fourth-order valence-corrected chi connectivity index (χ4v) is 4.06.